The number of halogens is 3. The number of hydrogen-bond donors (Lipinski definition) is 1. The van der Waals surface area contributed by atoms with Crippen molar-refractivity contribution >= 4 is 44.5 Å². The lowest BCUT2D eigenvalue weighted by Crippen LogP contribution is -2.25. The number of amides is 1. The van der Waals surface area contributed by atoms with Crippen LogP contribution in [0.3, 0.4) is 0 Å². The Hall–Kier alpha value is -5.27. The summed E-state index contributed by atoms with van der Waals surface area (Å²) < 4.78 is 63.4. The molecule has 1 atom stereocenters. The molecule has 0 aliphatic carbocycles. The number of carbonyl (C=O) groups is 1. The molecular weight excluding hydrogens is 633 g/mol. The van der Waals surface area contributed by atoms with Crippen LogP contribution in [-0.2, 0) is 17.5 Å². The van der Waals surface area contributed by atoms with Crippen molar-refractivity contribution < 1.29 is 32.1 Å². The Morgan fingerprint density at radius 3 is 2.30 bits per heavy atom. The summed E-state index contributed by atoms with van der Waals surface area (Å²) in [5.74, 6) is -1.80. The van der Waals surface area contributed by atoms with E-state index in [1.54, 1.807) is 44.3 Å². The molecule has 4 aromatic carbocycles. The molecule has 0 aliphatic rings. The van der Waals surface area contributed by atoms with Crippen LogP contribution in [0.25, 0.3) is 44.3 Å². The Labute approximate surface area is 269 Å². The van der Waals surface area contributed by atoms with Crippen molar-refractivity contribution in [2.75, 3.05) is 24.7 Å². The van der Waals surface area contributed by atoms with Gasteiger partial charge in [-0.25, -0.2) is 22.4 Å². The van der Waals surface area contributed by atoms with Gasteiger partial charge in [0.2, 0.25) is 0 Å². The fourth-order valence-electron chi connectivity index (χ4n) is 5.42. The third-order valence-corrected chi connectivity index (χ3v) is 8.86. The lowest BCUT2D eigenvalue weighted by atomic mass is 9.97. The molecule has 0 saturated heterocycles. The maximum absolute atomic E-state index is 14.5. The molecule has 2 heterocycles. The molecule has 1 amide bonds. The van der Waals surface area contributed by atoms with E-state index in [9.17, 15) is 27.0 Å². The highest BCUT2D eigenvalue weighted by molar-refractivity contribution is 7.85. The second-order valence-corrected chi connectivity index (χ2v) is 12.1. The van der Waals surface area contributed by atoms with Crippen molar-refractivity contribution in [3.8, 4) is 22.5 Å². The standard InChI is InChI=1S/C34H27F3N4O4S.H2O/c1-18-39-28-12-8-20(13-25(28)34(43)41(18)17-21-7-11-23(36)14-27(21)37)24-15-26-30(16-29(24)40(3)46(4)44)45-32(31(26)33(42)38-2)19-5-9-22(35)10-6-19;/h5-16H,17H2,1-4H3,(H,38,42);1H2. The van der Waals surface area contributed by atoms with Gasteiger partial charge in [0, 0.05) is 54.6 Å². The number of furan rings is 1. The Kier molecular flexibility index (Phi) is 9.05. The highest BCUT2D eigenvalue weighted by Gasteiger charge is 2.25. The van der Waals surface area contributed by atoms with Crippen LogP contribution in [0, 0.1) is 24.4 Å². The average Bonchev–Trinajstić information content (AvgIpc) is 3.41. The molecule has 1 unspecified atom stereocenters. The van der Waals surface area contributed by atoms with Crippen LogP contribution < -0.4 is 15.2 Å². The van der Waals surface area contributed by atoms with E-state index in [0.717, 1.165) is 12.1 Å². The molecular formula is C34H29F3N4O5S. The number of rotatable bonds is 7. The summed E-state index contributed by atoms with van der Waals surface area (Å²) in [7, 11) is 1.66. The van der Waals surface area contributed by atoms with E-state index in [-0.39, 0.29) is 34.3 Å². The largest absolute Gasteiger partial charge is 0.455 e. The number of fused-ring (bicyclic) bond motifs is 2. The van der Waals surface area contributed by atoms with Gasteiger partial charge < -0.3 is 15.2 Å². The topological polar surface area (TPSA) is 129 Å². The molecule has 0 saturated carbocycles. The Balaban J connectivity index is 0.00000433. The van der Waals surface area contributed by atoms with E-state index in [0.29, 0.717) is 44.7 Å². The number of nitrogens with one attached hydrogen (secondary N) is 1. The number of anilines is 1. The molecule has 0 bridgehead atoms. The molecule has 9 nitrogen and oxygen atoms in total. The van der Waals surface area contributed by atoms with Crippen LogP contribution in [0.15, 0.2) is 82.0 Å². The third kappa shape index (κ3) is 6.02. The van der Waals surface area contributed by atoms with Crippen molar-refractivity contribution in [2.45, 2.75) is 13.5 Å². The van der Waals surface area contributed by atoms with Crippen LogP contribution in [0.2, 0.25) is 0 Å². The first-order valence-electron chi connectivity index (χ1n) is 14.1. The van der Waals surface area contributed by atoms with E-state index >= 15 is 0 Å². The van der Waals surface area contributed by atoms with Gasteiger partial charge in [0.15, 0.2) is 0 Å². The minimum absolute atomic E-state index is 0. The van der Waals surface area contributed by atoms with Crippen molar-refractivity contribution in [3.63, 3.8) is 0 Å². The number of hydrogen-bond acceptors (Lipinski definition) is 5. The fraction of sp³-hybridized carbons (Fsp3) is 0.147. The van der Waals surface area contributed by atoms with Gasteiger partial charge in [-0.05, 0) is 61.0 Å². The van der Waals surface area contributed by atoms with Gasteiger partial charge in [-0.1, -0.05) is 12.1 Å². The summed E-state index contributed by atoms with van der Waals surface area (Å²) in [6.07, 6.45) is 1.51. The van der Waals surface area contributed by atoms with E-state index in [1.165, 1.54) is 52.5 Å². The lowest BCUT2D eigenvalue weighted by Gasteiger charge is -2.20. The molecule has 2 aromatic heterocycles. The summed E-state index contributed by atoms with van der Waals surface area (Å²) in [6.45, 7) is 1.47. The number of carbonyl (C=O) groups excluding carboxylic acids is 1. The second-order valence-electron chi connectivity index (χ2n) is 10.7. The first-order chi connectivity index (χ1) is 22.0. The van der Waals surface area contributed by atoms with Crippen LogP contribution in [0.4, 0.5) is 18.9 Å². The van der Waals surface area contributed by atoms with E-state index < -0.39 is 39.9 Å². The summed E-state index contributed by atoms with van der Waals surface area (Å²) in [5.41, 5.74) is 2.72. The number of aromatic nitrogens is 2. The lowest BCUT2D eigenvalue weighted by molar-refractivity contribution is 0.0964. The zero-order valence-electron chi connectivity index (χ0n) is 25.7. The van der Waals surface area contributed by atoms with E-state index in [1.807, 2.05) is 0 Å². The monoisotopic (exact) mass is 662 g/mol. The highest BCUT2D eigenvalue weighted by atomic mass is 32.2. The average molecular weight is 663 g/mol. The van der Waals surface area contributed by atoms with Gasteiger partial charge in [0.05, 0.1) is 28.7 Å². The maximum atomic E-state index is 14.5. The smallest absolute Gasteiger partial charge is 0.261 e. The summed E-state index contributed by atoms with van der Waals surface area (Å²) >= 11 is 0. The normalized spacial score (nSPS) is 11.8. The summed E-state index contributed by atoms with van der Waals surface area (Å²) in [5, 5.41) is 3.32. The van der Waals surface area contributed by atoms with Crippen LogP contribution in [0.1, 0.15) is 21.7 Å². The molecule has 0 aliphatic heterocycles. The third-order valence-electron chi connectivity index (χ3n) is 7.89. The quantitative estimate of drug-likeness (QED) is 0.241. The predicted octanol–water partition coefficient (Wildman–Crippen LogP) is 5.52. The van der Waals surface area contributed by atoms with Gasteiger partial charge in [0.25, 0.3) is 11.5 Å². The van der Waals surface area contributed by atoms with Crippen molar-refractivity contribution in [1.82, 2.24) is 14.9 Å². The summed E-state index contributed by atoms with van der Waals surface area (Å²) in [4.78, 5) is 31.6. The minimum atomic E-state index is -1.47. The van der Waals surface area contributed by atoms with Gasteiger partial charge in [-0.2, -0.15) is 0 Å². The van der Waals surface area contributed by atoms with E-state index in [2.05, 4.69) is 10.3 Å². The Morgan fingerprint density at radius 2 is 1.64 bits per heavy atom. The highest BCUT2D eigenvalue weighted by Crippen LogP contribution is 2.41. The number of nitrogens with zero attached hydrogens (tertiary/aromatic N) is 3. The van der Waals surface area contributed by atoms with Crippen LogP contribution >= 0.6 is 0 Å². The first kappa shape index (κ1) is 33.1. The maximum Gasteiger partial charge on any atom is 0.261 e. The van der Waals surface area contributed by atoms with E-state index in [4.69, 9.17) is 4.42 Å². The Bertz CT molecular complexity index is 2270. The van der Waals surface area contributed by atoms with Crippen molar-refractivity contribution in [1.29, 1.82) is 0 Å². The summed E-state index contributed by atoms with van der Waals surface area (Å²) in [6, 6.07) is 17.2. The minimum Gasteiger partial charge on any atom is -0.455 e. The molecule has 47 heavy (non-hydrogen) atoms. The molecule has 13 heteroatoms. The fourth-order valence-corrected chi connectivity index (χ4v) is 5.85. The SMILES string of the molecule is CNC(=O)c1c(-c2ccc(F)cc2)oc2cc(N(C)S(C)=O)c(-c3ccc4nc(C)n(Cc5ccc(F)cc5F)c(=O)c4c3)cc12.O. The zero-order valence-corrected chi connectivity index (χ0v) is 26.5. The van der Waals surface area contributed by atoms with Crippen molar-refractivity contribution in [3.05, 3.63) is 118 Å². The molecule has 0 radical (unpaired) electrons. The number of aryl methyl sites for hydroxylation is 1. The molecule has 3 N–H and O–H groups in total. The molecule has 6 aromatic rings. The van der Waals surface area contributed by atoms with Crippen molar-refractivity contribution in [2.24, 2.45) is 0 Å². The Morgan fingerprint density at radius 1 is 0.957 bits per heavy atom. The van der Waals surface area contributed by atoms with Crippen LogP contribution in [0.5, 0.6) is 0 Å². The molecule has 6 rings (SSSR count). The molecule has 0 fully saturated rings. The second kappa shape index (κ2) is 12.9. The van der Waals surface area contributed by atoms with Gasteiger partial charge >= 0.3 is 0 Å². The van der Waals surface area contributed by atoms with Gasteiger partial charge in [-0.3, -0.25) is 18.5 Å². The first-order valence-corrected chi connectivity index (χ1v) is 15.6. The van der Waals surface area contributed by atoms with Gasteiger partial charge in [0.1, 0.15) is 45.6 Å². The zero-order chi connectivity index (χ0) is 32.9. The predicted molar refractivity (Wildman–Crippen MR) is 176 cm³/mol. The van der Waals surface area contributed by atoms with Crippen LogP contribution in [-0.4, -0.2) is 45.5 Å². The molecule has 242 valence electrons. The van der Waals surface area contributed by atoms with Gasteiger partial charge in [-0.15, -0.1) is 0 Å². The number of benzene rings is 4. The molecule has 0 spiro atoms.